The zero-order valence-corrected chi connectivity index (χ0v) is 8.70. The Morgan fingerprint density at radius 2 is 1.82 bits per heavy atom. The topological polar surface area (TPSA) is 37.4 Å². The standard InChI is InChI=1S/C6H12BrNO2S/c7-1-2-8-3-5-11(9,10)6-4-8/h1-6H2. The molecule has 0 atom stereocenters. The molecule has 0 bridgehead atoms. The predicted molar refractivity (Wildman–Crippen MR) is 48.9 cm³/mol. The number of alkyl halides is 1. The van der Waals surface area contributed by atoms with Gasteiger partial charge in [-0.3, -0.25) is 0 Å². The molecule has 0 N–H and O–H groups in total. The van der Waals surface area contributed by atoms with E-state index in [2.05, 4.69) is 20.8 Å². The Labute approximate surface area is 75.8 Å². The minimum absolute atomic E-state index is 0.333. The van der Waals surface area contributed by atoms with Crippen LogP contribution in [0.5, 0.6) is 0 Å². The van der Waals surface area contributed by atoms with Crippen LogP contribution in [0.1, 0.15) is 0 Å². The van der Waals surface area contributed by atoms with Crippen molar-refractivity contribution in [3.8, 4) is 0 Å². The lowest BCUT2D eigenvalue weighted by atomic mass is 10.5. The number of rotatable bonds is 2. The summed E-state index contributed by atoms with van der Waals surface area (Å²) in [6.45, 7) is 2.36. The first-order valence-corrected chi connectivity index (χ1v) is 6.57. The summed E-state index contributed by atoms with van der Waals surface area (Å²) in [5.41, 5.74) is 0. The van der Waals surface area contributed by atoms with Crippen LogP contribution in [0.15, 0.2) is 0 Å². The molecule has 0 aromatic rings. The summed E-state index contributed by atoms with van der Waals surface area (Å²) in [5.74, 6) is 0.667. The van der Waals surface area contributed by atoms with Gasteiger partial charge in [0.1, 0.15) is 0 Å². The monoisotopic (exact) mass is 241 g/mol. The minimum atomic E-state index is -2.69. The maximum Gasteiger partial charge on any atom is 0.152 e. The van der Waals surface area contributed by atoms with Crippen LogP contribution in [-0.2, 0) is 9.84 Å². The first-order chi connectivity index (χ1) is 5.14. The quantitative estimate of drug-likeness (QED) is 0.645. The highest BCUT2D eigenvalue weighted by molar-refractivity contribution is 9.09. The molecule has 1 aliphatic heterocycles. The fourth-order valence-electron chi connectivity index (χ4n) is 1.09. The molecule has 0 spiro atoms. The lowest BCUT2D eigenvalue weighted by molar-refractivity contribution is 0.315. The van der Waals surface area contributed by atoms with Crippen molar-refractivity contribution < 1.29 is 8.42 Å². The van der Waals surface area contributed by atoms with Gasteiger partial charge in [-0.2, -0.15) is 0 Å². The van der Waals surface area contributed by atoms with Gasteiger partial charge in [0.05, 0.1) is 11.5 Å². The van der Waals surface area contributed by atoms with Crippen molar-refractivity contribution in [2.24, 2.45) is 0 Å². The predicted octanol–water partition coefficient (Wildman–Crippen LogP) is 0.112. The summed E-state index contributed by atoms with van der Waals surface area (Å²) in [5, 5.41) is 0.924. The molecule has 0 radical (unpaired) electrons. The summed E-state index contributed by atoms with van der Waals surface area (Å²) >= 11 is 3.32. The largest absolute Gasteiger partial charge is 0.300 e. The van der Waals surface area contributed by atoms with Crippen LogP contribution < -0.4 is 0 Å². The third-order valence-corrected chi connectivity index (χ3v) is 3.80. The molecular formula is C6H12BrNO2S. The Kier molecular flexibility index (Phi) is 3.33. The fraction of sp³-hybridized carbons (Fsp3) is 1.00. The highest BCUT2D eigenvalue weighted by atomic mass is 79.9. The van der Waals surface area contributed by atoms with Crippen molar-refractivity contribution in [2.75, 3.05) is 36.5 Å². The second kappa shape index (κ2) is 3.87. The van der Waals surface area contributed by atoms with E-state index in [9.17, 15) is 8.42 Å². The molecule has 1 heterocycles. The van der Waals surface area contributed by atoms with E-state index in [0.29, 0.717) is 24.6 Å². The van der Waals surface area contributed by atoms with E-state index in [4.69, 9.17) is 0 Å². The van der Waals surface area contributed by atoms with Gasteiger partial charge < -0.3 is 4.90 Å². The fourth-order valence-corrected chi connectivity index (χ4v) is 2.87. The van der Waals surface area contributed by atoms with Gasteiger partial charge in [0.25, 0.3) is 0 Å². The Morgan fingerprint density at radius 1 is 1.27 bits per heavy atom. The van der Waals surface area contributed by atoms with Gasteiger partial charge in [-0.1, -0.05) is 15.9 Å². The molecule has 1 aliphatic rings. The van der Waals surface area contributed by atoms with Crippen LogP contribution in [0.4, 0.5) is 0 Å². The van der Waals surface area contributed by atoms with Crippen LogP contribution in [0, 0.1) is 0 Å². The third kappa shape index (κ3) is 3.09. The molecule has 11 heavy (non-hydrogen) atoms. The number of nitrogens with zero attached hydrogens (tertiary/aromatic N) is 1. The average molecular weight is 242 g/mol. The number of hydrogen-bond acceptors (Lipinski definition) is 3. The molecule has 0 aromatic heterocycles. The molecule has 1 fully saturated rings. The van der Waals surface area contributed by atoms with Crippen LogP contribution in [-0.4, -0.2) is 49.8 Å². The van der Waals surface area contributed by atoms with Crippen LogP contribution in [0.25, 0.3) is 0 Å². The molecule has 0 saturated carbocycles. The van der Waals surface area contributed by atoms with Crippen molar-refractivity contribution in [3.05, 3.63) is 0 Å². The Bertz CT molecular complexity index is 201. The number of sulfone groups is 1. The van der Waals surface area contributed by atoms with Gasteiger partial charge in [-0.25, -0.2) is 8.42 Å². The van der Waals surface area contributed by atoms with Gasteiger partial charge in [-0.05, 0) is 0 Å². The van der Waals surface area contributed by atoms with Gasteiger partial charge in [0.15, 0.2) is 9.84 Å². The zero-order valence-electron chi connectivity index (χ0n) is 6.29. The average Bonchev–Trinajstić information content (AvgIpc) is 1.94. The molecule has 5 heteroatoms. The van der Waals surface area contributed by atoms with Crippen molar-refractivity contribution in [2.45, 2.75) is 0 Å². The van der Waals surface area contributed by atoms with Gasteiger partial charge in [0, 0.05) is 25.0 Å². The maximum atomic E-state index is 11.0. The Morgan fingerprint density at radius 3 is 2.27 bits per heavy atom. The summed E-state index contributed by atoms with van der Waals surface area (Å²) in [7, 11) is -2.69. The summed E-state index contributed by atoms with van der Waals surface area (Å²) in [6.07, 6.45) is 0. The molecule has 0 aromatic carbocycles. The van der Waals surface area contributed by atoms with Crippen LogP contribution in [0.3, 0.4) is 0 Å². The minimum Gasteiger partial charge on any atom is -0.300 e. The van der Waals surface area contributed by atoms with Crippen LogP contribution in [0.2, 0.25) is 0 Å². The molecule has 3 nitrogen and oxygen atoms in total. The third-order valence-electron chi connectivity index (χ3n) is 1.84. The van der Waals surface area contributed by atoms with E-state index in [0.717, 1.165) is 11.9 Å². The first kappa shape index (κ1) is 9.48. The second-order valence-corrected chi connectivity index (χ2v) is 5.78. The smallest absolute Gasteiger partial charge is 0.152 e. The first-order valence-electron chi connectivity index (χ1n) is 3.63. The lowest BCUT2D eigenvalue weighted by Gasteiger charge is -2.25. The second-order valence-electron chi connectivity index (χ2n) is 2.68. The van der Waals surface area contributed by atoms with Gasteiger partial charge in [-0.15, -0.1) is 0 Å². The highest BCUT2D eigenvalue weighted by Crippen LogP contribution is 2.03. The maximum absolute atomic E-state index is 11.0. The molecule has 1 rings (SSSR count). The van der Waals surface area contributed by atoms with Crippen LogP contribution >= 0.6 is 15.9 Å². The van der Waals surface area contributed by atoms with Crippen molar-refractivity contribution in [3.63, 3.8) is 0 Å². The summed E-state index contributed by atoms with van der Waals surface area (Å²) in [6, 6.07) is 0. The Hall–Kier alpha value is 0.390. The van der Waals surface area contributed by atoms with E-state index in [1.807, 2.05) is 0 Å². The molecule has 66 valence electrons. The van der Waals surface area contributed by atoms with Crippen molar-refractivity contribution in [1.82, 2.24) is 4.90 Å². The molecule has 1 saturated heterocycles. The number of halogens is 1. The van der Waals surface area contributed by atoms with E-state index < -0.39 is 9.84 Å². The number of hydrogen-bond donors (Lipinski definition) is 0. The molecule has 0 aliphatic carbocycles. The van der Waals surface area contributed by atoms with E-state index >= 15 is 0 Å². The summed E-state index contributed by atoms with van der Waals surface area (Å²) < 4.78 is 21.9. The molecule has 0 unspecified atom stereocenters. The van der Waals surface area contributed by atoms with Crippen molar-refractivity contribution >= 4 is 25.8 Å². The lowest BCUT2D eigenvalue weighted by Crippen LogP contribution is -2.40. The van der Waals surface area contributed by atoms with Gasteiger partial charge >= 0.3 is 0 Å². The van der Waals surface area contributed by atoms with E-state index in [1.165, 1.54) is 0 Å². The zero-order chi connectivity index (χ0) is 8.32. The van der Waals surface area contributed by atoms with E-state index in [-0.39, 0.29) is 0 Å². The highest BCUT2D eigenvalue weighted by Gasteiger charge is 2.20. The Balaban J connectivity index is 2.36. The van der Waals surface area contributed by atoms with Gasteiger partial charge in [0.2, 0.25) is 0 Å². The van der Waals surface area contributed by atoms with Crippen molar-refractivity contribution in [1.29, 1.82) is 0 Å². The normalized spacial score (nSPS) is 25.2. The van der Waals surface area contributed by atoms with E-state index in [1.54, 1.807) is 0 Å². The summed E-state index contributed by atoms with van der Waals surface area (Å²) in [4.78, 5) is 2.16. The molecular weight excluding hydrogens is 230 g/mol. The SMILES string of the molecule is O=S1(=O)CCN(CCBr)CC1. The molecule has 0 amide bonds.